The van der Waals surface area contributed by atoms with Crippen LogP contribution < -0.4 is 5.32 Å². The zero-order valence-corrected chi connectivity index (χ0v) is 18.8. The van der Waals surface area contributed by atoms with Crippen LogP contribution in [-0.2, 0) is 26.5 Å². The molecule has 4 rings (SSSR count). The van der Waals surface area contributed by atoms with E-state index in [1.165, 1.54) is 58.0 Å². The monoisotopic (exact) mass is 484 g/mol. The second-order valence-electron chi connectivity index (χ2n) is 6.47. The van der Waals surface area contributed by atoms with Crippen LogP contribution in [-0.4, -0.2) is 60.0 Å². The van der Waals surface area contributed by atoms with Crippen LogP contribution in [0.25, 0.3) is 0 Å². The van der Waals surface area contributed by atoms with Crippen molar-refractivity contribution in [1.29, 1.82) is 0 Å². The molecule has 1 fully saturated rings. The Morgan fingerprint density at radius 2 is 2.23 bits per heavy atom. The van der Waals surface area contributed by atoms with Gasteiger partial charge < -0.3 is 15.5 Å². The average molecular weight is 485 g/mol. The standard InChI is InChI=1S/C17H16N4O5S4/c1-8(23)18-17(10-3-2-4-27-10)14(26)21-12(13(24)25)9(6-28-15(17)21)7-29-16-20-19-11(5-22)30-16/h2-4,15,22H,5-7H2,1H3,(H,18,23)(H,24,25)/t15-,17?/m0/s1. The number of fused-ring (bicyclic) bond motifs is 1. The summed E-state index contributed by atoms with van der Waals surface area (Å²) in [5.41, 5.74) is -0.689. The number of aromatic nitrogens is 2. The van der Waals surface area contributed by atoms with E-state index in [-0.39, 0.29) is 18.2 Å². The predicted molar refractivity (Wildman–Crippen MR) is 114 cm³/mol. The van der Waals surface area contributed by atoms with Crippen LogP contribution in [0.1, 0.15) is 16.8 Å². The highest BCUT2D eigenvalue weighted by atomic mass is 32.2. The van der Waals surface area contributed by atoms with Gasteiger partial charge in [0.25, 0.3) is 5.91 Å². The first-order valence-corrected chi connectivity index (χ1v) is 12.4. The summed E-state index contributed by atoms with van der Waals surface area (Å²) in [4.78, 5) is 39.2. The van der Waals surface area contributed by atoms with Crippen molar-refractivity contribution >= 4 is 64.0 Å². The fourth-order valence-corrected chi connectivity index (χ4v) is 7.78. The summed E-state index contributed by atoms with van der Waals surface area (Å²) < 4.78 is 0.615. The van der Waals surface area contributed by atoms with E-state index in [0.717, 1.165) is 0 Å². The number of thiophene rings is 1. The maximum atomic E-state index is 13.3. The van der Waals surface area contributed by atoms with E-state index in [2.05, 4.69) is 15.5 Å². The lowest BCUT2D eigenvalue weighted by atomic mass is 9.84. The van der Waals surface area contributed by atoms with Gasteiger partial charge in [-0.05, 0) is 17.0 Å². The van der Waals surface area contributed by atoms with Gasteiger partial charge in [-0.25, -0.2) is 4.79 Å². The molecule has 2 aromatic heterocycles. The molecule has 4 heterocycles. The number of hydrogen-bond acceptors (Lipinski definition) is 10. The Morgan fingerprint density at radius 1 is 1.43 bits per heavy atom. The predicted octanol–water partition coefficient (Wildman–Crippen LogP) is 1.47. The van der Waals surface area contributed by atoms with E-state index in [9.17, 15) is 19.5 Å². The van der Waals surface area contributed by atoms with Crippen LogP contribution in [0.2, 0.25) is 0 Å². The summed E-state index contributed by atoms with van der Waals surface area (Å²) in [6.07, 6.45) is 0. The molecule has 2 aliphatic heterocycles. The van der Waals surface area contributed by atoms with Crippen molar-refractivity contribution in [3.63, 3.8) is 0 Å². The van der Waals surface area contributed by atoms with E-state index in [4.69, 9.17) is 5.11 Å². The quantitative estimate of drug-likeness (QED) is 0.395. The molecule has 9 nitrogen and oxygen atoms in total. The highest BCUT2D eigenvalue weighted by Crippen LogP contribution is 2.52. The van der Waals surface area contributed by atoms with Crippen LogP contribution in [0.3, 0.4) is 0 Å². The minimum Gasteiger partial charge on any atom is -0.477 e. The molecule has 0 aliphatic carbocycles. The minimum atomic E-state index is -1.25. The van der Waals surface area contributed by atoms with Crippen molar-refractivity contribution in [2.24, 2.45) is 0 Å². The summed E-state index contributed by atoms with van der Waals surface area (Å²) >= 11 is 5.33. The first-order valence-electron chi connectivity index (χ1n) is 8.67. The Labute approximate surface area is 187 Å². The summed E-state index contributed by atoms with van der Waals surface area (Å²) in [6.45, 7) is 1.15. The molecule has 0 saturated carbocycles. The lowest BCUT2D eigenvalue weighted by Gasteiger charge is -2.56. The SMILES string of the molecule is CC(=O)NC1(c2cccs2)C(=O)N2C(C(=O)O)=C(CSc3nnc(CO)s3)CS[C@H]21. The number of nitrogens with one attached hydrogen (secondary N) is 1. The van der Waals surface area contributed by atoms with Crippen molar-refractivity contribution in [3.8, 4) is 0 Å². The van der Waals surface area contributed by atoms with Gasteiger partial charge in [0.05, 0.1) is 6.61 Å². The van der Waals surface area contributed by atoms with Gasteiger partial charge in [0.15, 0.2) is 9.88 Å². The number of carboxylic acid groups (broad SMARTS) is 1. The average Bonchev–Trinajstić information content (AvgIpc) is 3.41. The second kappa shape index (κ2) is 8.30. The molecule has 0 radical (unpaired) electrons. The summed E-state index contributed by atoms with van der Waals surface area (Å²) in [6, 6.07) is 3.58. The Kier molecular flexibility index (Phi) is 5.90. The lowest BCUT2D eigenvalue weighted by Crippen LogP contribution is -2.77. The van der Waals surface area contributed by atoms with E-state index in [0.29, 0.717) is 31.3 Å². The van der Waals surface area contributed by atoms with Gasteiger partial charge >= 0.3 is 5.97 Å². The van der Waals surface area contributed by atoms with Crippen molar-refractivity contribution in [1.82, 2.24) is 20.4 Å². The number of aliphatic hydroxyl groups excluding tert-OH is 1. The fourth-order valence-electron chi connectivity index (χ4n) is 3.42. The van der Waals surface area contributed by atoms with E-state index in [1.807, 2.05) is 5.38 Å². The Balaban J connectivity index is 1.64. The zero-order chi connectivity index (χ0) is 21.5. The van der Waals surface area contributed by atoms with Crippen molar-refractivity contribution in [3.05, 3.63) is 38.7 Å². The molecule has 1 saturated heterocycles. The third-order valence-corrected chi connectivity index (χ3v) is 9.12. The summed E-state index contributed by atoms with van der Waals surface area (Å²) in [7, 11) is 0. The Hall–Kier alpha value is -1.93. The number of rotatable bonds is 7. The molecule has 13 heteroatoms. The first kappa shape index (κ1) is 21.3. The molecular weight excluding hydrogens is 468 g/mol. The summed E-state index contributed by atoms with van der Waals surface area (Å²) in [5.74, 6) is -1.25. The number of aliphatic carboxylic acids is 1. The number of aliphatic hydroxyl groups is 1. The van der Waals surface area contributed by atoms with Crippen LogP contribution in [0.4, 0.5) is 0 Å². The van der Waals surface area contributed by atoms with Gasteiger partial charge in [-0.15, -0.1) is 33.3 Å². The highest BCUT2D eigenvalue weighted by molar-refractivity contribution is 8.01. The summed E-state index contributed by atoms with van der Waals surface area (Å²) in [5, 5.41) is 31.3. The number of carbonyl (C=O) groups is 3. The number of thioether (sulfide) groups is 2. The van der Waals surface area contributed by atoms with Gasteiger partial charge in [-0.3, -0.25) is 14.5 Å². The molecule has 30 heavy (non-hydrogen) atoms. The number of β-lactam (4-membered cyclic amide) rings is 1. The maximum absolute atomic E-state index is 13.3. The fraction of sp³-hybridized carbons (Fsp3) is 0.353. The van der Waals surface area contributed by atoms with Gasteiger partial charge in [-0.1, -0.05) is 29.2 Å². The molecule has 158 valence electrons. The van der Waals surface area contributed by atoms with Gasteiger partial charge in [0.1, 0.15) is 16.1 Å². The zero-order valence-electron chi connectivity index (χ0n) is 15.5. The molecule has 0 spiro atoms. The smallest absolute Gasteiger partial charge is 0.352 e. The number of carboxylic acids is 1. The Bertz CT molecular complexity index is 1040. The third kappa shape index (κ3) is 3.43. The van der Waals surface area contributed by atoms with Crippen LogP contribution in [0.15, 0.2) is 33.1 Å². The van der Waals surface area contributed by atoms with Crippen LogP contribution in [0, 0.1) is 0 Å². The van der Waals surface area contributed by atoms with Gasteiger partial charge in [0, 0.05) is 23.3 Å². The van der Waals surface area contributed by atoms with E-state index < -0.39 is 22.8 Å². The molecule has 0 aromatic carbocycles. The third-order valence-electron chi connectivity index (χ3n) is 4.59. The molecule has 3 N–H and O–H groups in total. The first-order chi connectivity index (χ1) is 14.4. The molecule has 0 bridgehead atoms. The maximum Gasteiger partial charge on any atom is 0.352 e. The normalized spacial score (nSPS) is 23.2. The second-order valence-corrected chi connectivity index (χ2v) is 10.8. The molecular formula is C17H16N4O5S4. The largest absolute Gasteiger partial charge is 0.477 e. The molecule has 2 amide bonds. The number of amides is 2. The number of nitrogens with zero attached hydrogens (tertiary/aromatic N) is 3. The Morgan fingerprint density at radius 3 is 2.83 bits per heavy atom. The molecule has 2 aliphatic rings. The molecule has 1 unspecified atom stereocenters. The number of carbonyl (C=O) groups excluding carboxylic acids is 2. The van der Waals surface area contributed by atoms with E-state index in [1.54, 1.807) is 12.1 Å². The van der Waals surface area contributed by atoms with Gasteiger partial charge in [0.2, 0.25) is 5.91 Å². The highest BCUT2D eigenvalue weighted by Gasteiger charge is 2.66. The van der Waals surface area contributed by atoms with Crippen LogP contribution >= 0.6 is 46.2 Å². The van der Waals surface area contributed by atoms with Crippen molar-refractivity contribution in [2.75, 3.05) is 11.5 Å². The lowest BCUT2D eigenvalue weighted by molar-refractivity contribution is -0.159. The van der Waals surface area contributed by atoms with E-state index >= 15 is 0 Å². The van der Waals surface area contributed by atoms with Gasteiger partial charge in [-0.2, -0.15) is 0 Å². The molecule has 2 aromatic rings. The molecule has 2 atom stereocenters. The van der Waals surface area contributed by atoms with Crippen LogP contribution in [0.5, 0.6) is 0 Å². The van der Waals surface area contributed by atoms with Crippen molar-refractivity contribution < 1.29 is 24.6 Å². The topological polar surface area (TPSA) is 133 Å². The number of hydrogen-bond donors (Lipinski definition) is 3. The van der Waals surface area contributed by atoms with Crippen molar-refractivity contribution in [2.45, 2.75) is 28.8 Å². The minimum absolute atomic E-state index is 0.0410.